The van der Waals surface area contributed by atoms with Crippen molar-refractivity contribution in [1.29, 1.82) is 0 Å². The van der Waals surface area contributed by atoms with E-state index in [2.05, 4.69) is 41.9 Å². The van der Waals surface area contributed by atoms with Crippen molar-refractivity contribution in [2.45, 2.75) is 13.8 Å². The number of rotatable bonds is 5. The molecule has 1 amide bonds. The number of aryl methyl sites for hydroxylation is 1. The maximum absolute atomic E-state index is 12.9. The molecule has 2 aromatic carbocycles. The summed E-state index contributed by atoms with van der Waals surface area (Å²) in [5.74, 6) is -0.0779. The summed E-state index contributed by atoms with van der Waals surface area (Å²) >= 11 is 0. The number of aromatic nitrogens is 1. The summed E-state index contributed by atoms with van der Waals surface area (Å²) < 4.78 is 0. The van der Waals surface area contributed by atoms with Crippen molar-refractivity contribution in [1.82, 2.24) is 4.98 Å². The lowest BCUT2D eigenvalue weighted by Gasteiger charge is -2.24. The minimum atomic E-state index is -0.0779. The van der Waals surface area contributed by atoms with E-state index in [1.807, 2.05) is 42.5 Å². The molecule has 3 aromatic rings. The van der Waals surface area contributed by atoms with Crippen molar-refractivity contribution in [3.8, 4) is 0 Å². The average molecular weight is 345 g/mol. The van der Waals surface area contributed by atoms with Crippen LogP contribution in [0.2, 0.25) is 0 Å². The van der Waals surface area contributed by atoms with Gasteiger partial charge in [0.25, 0.3) is 5.91 Å². The van der Waals surface area contributed by atoms with Gasteiger partial charge < -0.3 is 9.80 Å². The second-order valence-electron chi connectivity index (χ2n) is 6.21. The number of nitrogens with zero attached hydrogens (tertiary/aromatic N) is 3. The maximum Gasteiger partial charge on any atom is 0.259 e. The first-order valence-electron chi connectivity index (χ1n) is 8.72. The molecule has 0 fully saturated rings. The number of amides is 1. The third-order valence-corrected chi connectivity index (χ3v) is 4.36. The fourth-order valence-corrected chi connectivity index (χ4v) is 2.96. The van der Waals surface area contributed by atoms with Crippen LogP contribution in [0.3, 0.4) is 0 Å². The molecular formula is C22H23N3O. The van der Waals surface area contributed by atoms with Crippen molar-refractivity contribution in [3.05, 3.63) is 84.2 Å². The van der Waals surface area contributed by atoms with Crippen LogP contribution in [-0.4, -0.2) is 24.5 Å². The lowest BCUT2D eigenvalue weighted by molar-refractivity contribution is 0.0992. The number of hydrogen-bond acceptors (Lipinski definition) is 3. The predicted molar refractivity (Wildman–Crippen MR) is 107 cm³/mol. The zero-order chi connectivity index (χ0) is 18.5. The number of carbonyl (C=O) groups is 1. The fourth-order valence-electron chi connectivity index (χ4n) is 2.96. The molecular weight excluding hydrogens is 322 g/mol. The molecule has 0 aliphatic heterocycles. The van der Waals surface area contributed by atoms with Crippen molar-refractivity contribution < 1.29 is 4.79 Å². The first-order chi connectivity index (χ1) is 12.6. The van der Waals surface area contributed by atoms with Crippen LogP contribution in [0.1, 0.15) is 22.8 Å². The van der Waals surface area contributed by atoms with E-state index in [-0.39, 0.29) is 5.91 Å². The summed E-state index contributed by atoms with van der Waals surface area (Å²) in [4.78, 5) is 21.0. The standard InChI is InChI=1S/C22H23N3O/c1-4-25(20-12-8-9-17(2)13-20)21-14-18(15-23-16-21)22(26)24(3)19-10-6-5-7-11-19/h5-16H,4H2,1-3H3. The Morgan fingerprint density at radius 2 is 1.65 bits per heavy atom. The highest BCUT2D eigenvalue weighted by molar-refractivity contribution is 6.06. The molecule has 4 heteroatoms. The molecule has 0 spiro atoms. The molecule has 26 heavy (non-hydrogen) atoms. The van der Waals surface area contributed by atoms with E-state index in [9.17, 15) is 4.79 Å². The molecule has 0 saturated heterocycles. The van der Waals surface area contributed by atoms with Crippen LogP contribution in [0.25, 0.3) is 0 Å². The van der Waals surface area contributed by atoms with Crippen LogP contribution < -0.4 is 9.80 Å². The monoisotopic (exact) mass is 345 g/mol. The Kier molecular flexibility index (Phi) is 5.32. The van der Waals surface area contributed by atoms with Crippen LogP contribution in [-0.2, 0) is 0 Å². The zero-order valence-electron chi connectivity index (χ0n) is 15.4. The molecule has 0 bridgehead atoms. The van der Waals surface area contributed by atoms with E-state index < -0.39 is 0 Å². The van der Waals surface area contributed by atoms with Crippen LogP contribution >= 0.6 is 0 Å². The number of benzene rings is 2. The third kappa shape index (κ3) is 3.75. The van der Waals surface area contributed by atoms with E-state index in [0.717, 1.165) is 23.6 Å². The Balaban J connectivity index is 1.91. The summed E-state index contributed by atoms with van der Waals surface area (Å²) in [5.41, 5.74) is 4.62. The van der Waals surface area contributed by atoms with Gasteiger partial charge in [-0.2, -0.15) is 0 Å². The van der Waals surface area contributed by atoms with E-state index in [1.165, 1.54) is 5.56 Å². The van der Waals surface area contributed by atoms with Gasteiger partial charge in [-0.15, -0.1) is 0 Å². The van der Waals surface area contributed by atoms with Gasteiger partial charge in [-0.3, -0.25) is 9.78 Å². The summed E-state index contributed by atoms with van der Waals surface area (Å²) in [7, 11) is 1.78. The molecule has 0 saturated carbocycles. The van der Waals surface area contributed by atoms with Gasteiger partial charge in [0.1, 0.15) is 0 Å². The normalized spacial score (nSPS) is 10.4. The first kappa shape index (κ1) is 17.7. The van der Waals surface area contributed by atoms with Gasteiger partial charge in [-0.25, -0.2) is 0 Å². The number of pyridine rings is 1. The quantitative estimate of drug-likeness (QED) is 0.665. The fraction of sp³-hybridized carbons (Fsp3) is 0.182. The highest BCUT2D eigenvalue weighted by atomic mass is 16.2. The summed E-state index contributed by atoms with van der Waals surface area (Å²) in [6, 6.07) is 19.8. The topological polar surface area (TPSA) is 36.4 Å². The van der Waals surface area contributed by atoms with Gasteiger partial charge in [0, 0.05) is 31.2 Å². The molecule has 0 N–H and O–H groups in total. The second kappa shape index (κ2) is 7.83. The SMILES string of the molecule is CCN(c1cccc(C)c1)c1cncc(C(=O)N(C)c2ccccc2)c1. The molecule has 1 heterocycles. The number of para-hydroxylation sites is 1. The van der Waals surface area contributed by atoms with Crippen LogP contribution in [0.5, 0.6) is 0 Å². The maximum atomic E-state index is 12.9. The smallest absolute Gasteiger partial charge is 0.259 e. The van der Waals surface area contributed by atoms with Gasteiger partial charge in [-0.05, 0) is 49.7 Å². The number of anilines is 3. The highest BCUT2D eigenvalue weighted by Crippen LogP contribution is 2.26. The van der Waals surface area contributed by atoms with E-state index in [1.54, 1.807) is 24.3 Å². The van der Waals surface area contributed by atoms with Crippen molar-refractivity contribution in [2.75, 3.05) is 23.4 Å². The van der Waals surface area contributed by atoms with E-state index >= 15 is 0 Å². The molecule has 132 valence electrons. The minimum absolute atomic E-state index is 0.0779. The molecule has 1 aromatic heterocycles. The van der Waals surface area contributed by atoms with Crippen LogP contribution in [0, 0.1) is 6.92 Å². The minimum Gasteiger partial charge on any atom is -0.340 e. The Morgan fingerprint density at radius 3 is 2.35 bits per heavy atom. The largest absolute Gasteiger partial charge is 0.340 e. The van der Waals surface area contributed by atoms with Crippen molar-refractivity contribution in [2.24, 2.45) is 0 Å². The van der Waals surface area contributed by atoms with E-state index in [4.69, 9.17) is 0 Å². The van der Waals surface area contributed by atoms with Crippen LogP contribution in [0.15, 0.2) is 73.1 Å². The molecule has 0 aliphatic carbocycles. The number of hydrogen-bond donors (Lipinski definition) is 0. The lowest BCUT2D eigenvalue weighted by atomic mass is 10.1. The molecule has 0 unspecified atom stereocenters. The van der Waals surface area contributed by atoms with Gasteiger partial charge in [-0.1, -0.05) is 30.3 Å². The van der Waals surface area contributed by atoms with Gasteiger partial charge >= 0.3 is 0 Å². The lowest BCUT2D eigenvalue weighted by Crippen LogP contribution is -2.26. The molecule has 4 nitrogen and oxygen atoms in total. The van der Waals surface area contributed by atoms with Gasteiger partial charge in [0.2, 0.25) is 0 Å². The Bertz CT molecular complexity index is 893. The third-order valence-electron chi connectivity index (χ3n) is 4.36. The molecule has 3 rings (SSSR count). The molecule has 0 radical (unpaired) electrons. The Morgan fingerprint density at radius 1 is 0.923 bits per heavy atom. The van der Waals surface area contributed by atoms with Crippen molar-refractivity contribution >= 4 is 23.0 Å². The summed E-state index contributed by atoms with van der Waals surface area (Å²) in [6.45, 7) is 4.95. The summed E-state index contributed by atoms with van der Waals surface area (Å²) in [6.07, 6.45) is 3.42. The summed E-state index contributed by atoms with van der Waals surface area (Å²) in [5, 5.41) is 0. The first-order valence-corrected chi connectivity index (χ1v) is 8.72. The predicted octanol–water partition coefficient (Wildman–Crippen LogP) is 4.82. The molecule has 0 aliphatic rings. The average Bonchev–Trinajstić information content (AvgIpc) is 2.68. The zero-order valence-corrected chi connectivity index (χ0v) is 15.4. The van der Waals surface area contributed by atoms with Crippen molar-refractivity contribution in [3.63, 3.8) is 0 Å². The molecule has 0 atom stereocenters. The van der Waals surface area contributed by atoms with E-state index in [0.29, 0.717) is 5.56 Å². The highest BCUT2D eigenvalue weighted by Gasteiger charge is 2.16. The van der Waals surface area contributed by atoms with Gasteiger partial charge in [0.05, 0.1) is 17.4 Å². The Labute approximate surface area is 154 Å². The number of carbonyl (C=O) groups excluding carboxylic acids is 1. The Hall–Kier alpha value is -3.14. The second-order valence-corrected chi connectivity index (χ2v) is 6.21. The van der Waals surface area contributed by atoms with Gasteiger partial charge in [0.15, 0.2) is 0 Å². The van der Waals surface area contributed by atoms with Crippen LogP contribution in [0.4, 0.5) is 17.1 Å².